The molecule has 1 aromatic rings. The Morgan fingerprint density at radius 1 is 1.32 bits per heavy atom. The Hall–Kier alpha value is -1.78. The van der Waals surface area contributed by atoms with E-state index >= 15 is 0 Å². The first kappa shape index (κ1) is 15.3. The van der Waals surface area contributed by atoms with Crippen molar-refractivity contribution < 1.29 is 13.9 Å². The molecular weight excluding hydrogens is 247 g/mol. The van der Waals surface area contributed by atoms with Gasteiger partial charge in [0, 0.05) is 13.1 Å². The maximum atomic E-state index is 11.8. The standard InChI is InChI=1S/C14H21FN2O2/c1-3-11(2)19-13-6-4-12(5-7-13)10-17-14(18)16-9-8-15/h4-7,11H,3,8-10H2,1-2H3,(H2,16,17,18)/t11-/m1/s1. The Bertz CT molecular complexity index is 382. The number of urea groups is 1. The van der Waals surface area contributed by atoms with Crippen LogP contribution in [0.4, 0.5) is 9.18 Å². The highest BCUT2D eigenvalue weighted by molar-refractivity contribution is 5.73. The van der Waals surface area contributed by atoms with Gasteiger partial charge in [-0.15, -0.1) is 0 Å². The van der Waals surface area contributed by atoms with Crippen LogP contribution in [0.25, 0.3) is 0 Å². The number of amides is 2. The fourth-order valence-electron chi connectivity index (χ4n) is 1.41. The lowest BCUT2D eigenvalue weighted by atomic mass is 10.2. The van der Waals surface area contributed by atoms with Gasteiger partial charge in [0.2, 0.25) is 0 Å². The molecule has 0 unspecified atom stereocenters. The van der Waals surface area contributed by atoms with E-state index in [9.17, 15) is 9.18 Å². The Labute approximate surface area is 113 Å². The van der Waals surface area contributed by atoms with Gasteiger partial charge in [-0.2, -0.15) is 0 Å². The van der Waals surface area contributed by atoms with Gasteiger partial charge in [-0.25, -0.2) is 9.18 Å². The summed E-state index contributed by atoms with van der Waals surface area (Å²) in [6.07, 6.45) is 1.15. The highest BCUT2D eigenvalue weighted by Gasteiger charge is 2.02. The SMILES string of the molecule is CC[C@@H](C)Oc1ccc(CNC(=O)NCCF)cc1. The summed E-state index contributed by atoms with van der Waals surface area (Å²) >= 11 is 0. The fraction of sp³-hybridized carbons (Fsp3) is 0.500. The summed E-state index contributed by atoms with van der Waals surface area (Å²) in [7, 11) is 0. The zero-order valence-electron chi connectivity index (χ0n) is 11.4. The van der Waals surface area contributed by atoms with Gasteiger partial charge < -0.3 is 15.4 Å². The molecule has 0 radical (unpaired) electrons. The van der Waals surface area contributed by atoms with Gasteiger partial charge in [0.05, 0.1) is 6.10 Å². The number of ether oxygens (including phenoxy) is 1. The molecular formula is C14H21FN2O2. The maximum Gasteiger partial charge on any atom is 0.315 e. The highest BCUT2D eigenvalue weighted by atomic mass is 19.1. The van der Waals surface area contributed by atoms with Gasteiger partial charge in [0.15, 0.2) is 0 Å². The molecule has 1 aromatic carbocycles. The number of carbonyl (C=O) groups excluding carboxylic acids is 1. The number of nitrogens with one attached hydrogen (secondary N) is 2. The van der Waals surface area contributed by atoms with Crippen LogP contribution >= 0.6 is 0 Å². The minimum atomic E-state index is -0.560. The number of hydrogen-bond donors (Lipinski definition) is 2. The van der Waals surface area contributed by atoms with E-state index in [4.69, 9.17) is 4.74 Å². The number of halogens is 1. The molecule has 0 spiro atoms. The van der Waals surface area contributed by atoms with Crippen molar-refractivity contribution in [3.8, 4) is 5.75 Å². The molecule has 0 aromatic heterocycles. The first-order chi connectivity index (χ1) is 9.15. The predicted molar refractivity (Wildman–Crippen MR) is 73.0 cm³/mol. The Morgan fingerprint density at radius 3 is 2.58 bits per heavy atom. The third-order valence-corrected chi connectivity index (χ3v) is 2.67. The van der Waals surface area contributed by atoms with E-state index < -0.39 is 6.67 Å². The van der Waals surface area contributed by atoms with Gasteiger partial charge in [-0.3, -0.25) is 0 Å². The monoisotopic (exact) mass is 268 g/mol. The van der Waals surface area contributed by atoms with Crippen LogP contribution < -0.4 is 15.4 Å². The summed E-state index contributed by atoms with van der Waals surface area (Å²) < 4.78 is 17.5. The molecule has 0 aliphatic carbocycles. The molecule has 0 aliphatic rings. The van der Waals surface area contributed by atoms with Crippen molar-refractivity contribution in [3.05, 3.63) is 29.8 Å². The Balaban J connectivity index is 2.37. The van der Waals surface area contributed by atoms with Crippen LogP contribution in [0.15, 0.2) is 24.3 Å². The molecule has 0 aliphatic heterocycles. The number of hydrogen-bond acceptors (Lipinski definition) is 2. The van der Waals surface area contributed by atoms with E-state index in [0.29, 0.717) is 6.54 Å². The topological polar surface area (TPSA) is 50.4 Å². The number of benzene rings is 1. The molecule has 106 valence electrons. The predicted octanol–water partition coefficient (Wildman–Crippen LogP) is 2.63. The van der Waals surface area contributed by atoms with Crippen LogP contribution in [0.1, 0.15) is 25.8 Å². The van der Waals surface area contributed by atoms with Gasteiger partial charge in [0.1, 0.15) is 12.4 Å². The Morgan fingerprint density at radius 2 is 2.00 bits per heavy atom. The average molecular weight is 268 g/mol. The minimum absolute atomic E-state index is 0.0352. The molecule has 5 heteroatoms. The summed E-state index contributed by atoms with van der Waals surface area (Å²) in [5, 5.41) is 5.05. The first-order valence-electron chi connectivity index (χ1n) is 6.49. The fourth-order valence-corrected chi connectivity index (χ4v) is 1.41. The van der Waals surface area contributed by atoms with E-state index in [0.717, 1.165) is 17.7 Å². The minimum Gasteiger partial charge on any atom is -0.491 e. The van der Waals surface area contributed by atoms with E-state index in [1.165, 1.54) is 0 Å². The zero-order chi connectivity index (χ0) is 14.1. The molecule has 2 amide bonds. The lowest BCUT2D eigenvalue weighted by Gasteiger charge is -2.13. The normalized spacial score (nSPS) is 11.7. The van der Waals surface area contributed by atoms with Crippen molar-refractivity contribution in [1.29, 1.82) is 0 Å². The summed E-state index contributed by atoms with van der Waals surface area (Å²) in [5.74, 6) is 0.819. The van der Waals surface area contributed by atoms with Crippen LogP contribution in [0.3, 0.4) is 0 Å². The Kier molecular flexibility index (Phi) is 6.71. The maximum absolute atomic E-state index is 11.8. The first-order valence-corrected chi connectivity index (χ1v) is 6.49. The zero-order valence-corrected chi connectivity index (χ0v) is 11.4. The summed E-state index contributed by atoms with van der Waals surface area (Å²) in [6, 6.07) is 7.18. The third-order valence-electron chi connectivity index (χ3n) is 2.67. The van der Waals surface area contributed by atoms with Crippen molar-refractivity contribution in [1.82, 2.24) is 10.6 Å². The molecule has 0 bridgehead atoms. The molecule has 0 saturated heterocycles. The van der Waals surface area contributed by atoms with Crippen LogP contribution in [0, 0.1) is 0 Å². The number of alkyl halides is 1. The smallest absolute Gasteiger partial charge is 0.315 e. The lowest BCUT2D eigenvalue weighted by Crippen LogP contribution is -2.36. The van der Waals surface area contributed by atoms with E-state index in [1.54, 1.807) is 0 Å². The number of carbonyl (C=O) groups is 1. The molecule has 1 rings (SSSR count). The molecule has 4 nitrogen and oxygen atoms in total. The summed E-state index contributed by atoms with van der Waals surface area (Å²) in [6.45, 7) is 3.97. The molecule has 2 N–H and O–H groups in total. The van der Waals surface area contributed by atoms with Gasteiger partial charge in [-0.05, 0) is 31.0 Å². The summed E-state index contributed by atoms with van der Waals surface area (Å²) in [5.41, 5.74) is 0.965. The van der Waals surface area contributed by atoms with Crippen LogP contribution in [0.2, 0.25) is 0 Å². The van der Waals surface area contributed by atoms with E-state index in [2.05, 4.69) is 17.6 Å². The van der Waals surface area contributed by atoms with Crippen molar-refractivity contribution in [2.45, 2.75) is 32.9 Å². The number of rotatable bonds is 7. The second kappa shape index (κ2) is 8.34. The molecule has 0 saturated carbocycles. The molecule has 19 heavy (non-hydrogen) atoms. The second-order valence-corrected chi connectivity index (χ2v) is 4.28. The second-order valence-electron chi connectivity index (χ2n) is 4.28. The van der Waals surface area contributed by atoms with Crippen molar-refractivity contribution >= 4 is 6.03 Å². The molecule has 0 fully saturated rings. The van der Waals surface area contributed by atoms with Gasteiger partial charge in [0.25, 0.3) is 0 Å². The van der Waals surface area contributed by atoms with Crippen molar-refractivity contribution in [3.63, 3.8) is 0 Å². The van der Waals surface area contributed by atoms with Crippen LogP contribution in [-0.4, -0.2) is 25.4 Å². The largest absolute Gasteiger partial charge is 0.491 e. The lowest BCUT2D eigenvalue weighted by molar-refractivity contribution is 0.217. The summed E-state index contributed by atoms with van der Waals surface area (Å²) in [4.78, 5) is 11.2. The third kappa shape index (κ3) is 6.08. The van der Waals surface area contributed by atoms with Gasteiger partial charge >= 0.3 is 6.03 Å². The molecule has 0 heterocycles. The molecule has 1 atom stereocenters. The van der Waals surface area contributed by atoms with Crippen LogP contribution in [-0.2, 0) is 6.54 Å². The van der Waals surface area contributed by atoms with E-state index in [-0.39, 0.29) is 18.7 Å². The van der Waals surface area contributed by atoms with Gasteiger partial charge in [-0.1, -0.05) is 19.1 Å². The average Bonchev–Trinajstić information content (AvgIpc) is 2.44. The van der Waals surface area contributed by atoms with E-state index in [1.807, 2.05) is 31.2 Å². The van der Waals surface area contributed by atoms with Crippen molar-refractivity contribution in [2.75, 3.05) is 13.2 Å². The van der Waals surface area contributed by atoms with Crippen LogP contribution in [0.5, 0.6) is 5.75 Å². The highest BCUT2D eigenvalue weighted by Crippen LogP contribution is 2.14. The quantitative estimate of drug-likeness (QED) is 0.798. The van der Waals surface area contributed by atoms with Crippen molar-refractivity contribution in [2.24, 2.45) is 0 Å².